The van der Waals surface area contributed by atoms with Crippen molar-refractivity contribution in [2.45, 2.75) is 6.42 Å². The van der Waals surface area contributed by atoms with E-state index in [0.717, 1.165) is 22.3 Å². The summed E-state index contributed by atoms with van der Waals surface area (Å²) in [6.07, 6.45) is 0.734. The van der Waals surface area contributed by atoms with E-state index in [-0.39, 0.29) is 5.78 Å². The Morgan fingerprint density at radius 2 is 1.39 bits per heavy atom. The molecule has 0 aliphatic rings. The van der Waals surface area contributed by atoms with Gasteiger partial charge >= 0.3 is 0 Å². The van der Waals surface area contributed by atoms with Gasteiger partial charge in [-0.05, 0) is 24.3 Å². The van der Waals surface area contributed by atoms with Crippen molar-refractivity contribution in [2.24, 2.45) is 0 Å². The van der Waals surface area contributed by atoms with Crippen LogP contribution in [-0.4, -0.2) is 19.0 Å². The molecule has 0 amide bonds. The third-order valence-corrected chi connectivity index (χ3v) is 5.49. The standard InChI is InChI=1S/C24H20O3S/c25-22(18-10-3-1-4-11-18)24-23(20-14-7-8-15-21(20)28-24)27-17-9-16-26-19-12-5-2-6-13-19/h1-8,10-15H,9,16-17H2. The van der Waals surface area contributed by atoms with Crippen LogP contribution < -0.4 is 9.47 Å². The summed E-state index contributed by atoms with van der Waals surface area (Å²) in [5.74, 6) is 1.52. The topological polar surface area (TPSA) is 35.5 Å². The van der Waals surface area contributed by atoms with E-state index in [0.29, 0.717) is 29.4 Å². The molecule has 0 unspecified atom stereocenters. The smallest absolute Gasteiger partial charge is 0.206 e. The number of benzene rings is 3. The largest absolute Gasteiger partial charge is 0.493 e. The summed E-state index contributed by atoms with van der Waals surface area (Å²) in [5.41, 5.74) is 0.673. The molecule has 3 nitrogen and oxygen atoms in total. The SMILES string of the molecule is O=C(c1ccccc1)c1sc2ccccc2c1OCCCOc1ccccc1. The van der Waals surface area contributed by atoms with Crippen LogP contribution in [-0.2, 0) is 0 Å². The number of para-hydroxylation sites is 1. The Balaban J connectivity index is 1.48. The van der Waals surface area contributed by atoms with Gasteiger partial charge in [0.15, 0.2) is 0 Å². The number of ketones is 1. The lowest BCUT2D eigenvalue weighted by molar-refractivity contribution is 0.103. The Labute approximate surface area is 168 Å². The number of ether oxygens (including phenoxy) is 2. The highest BCUT2D eigenvalue weighted by atomic mass is 32.1. The molecule has 4 aromatic rings. The van der Waals surface area contributed by atoms with Crippen molar-refractivity contribution in [1.29, 1.82) is 0 Å². The first kappa shape index (κ1) is 18.3. The Hall–Kier alpha value is -3.11. The van der Waals surface area contributed by atoms with Crippen LogP contribution in [0.2, 0.25) is 0 Å². The Bertz CT molecular complexity index is 1060. The molecule has 0 fully saturated rings. The van der Waals surface area contributed by atoms with Crippen LogP contribution in [0.3, 0.4) is 0 Å². The van der Waals surface area contributed by atoms with Crippen LogP contribution in [0.4, 0.5) is 0 Å². The van der Waals surface area contributed by atoms with Crippen LogP contribution in [0.1, 0.15) is 21.7 Å². The summed E-state index contributed by atoms with van der Waals surface area (Å²) in [5, 5.41) is 0.982. The summed E-state index contributed by atoms with van der Waals surface area (Å²) < 4.78 is 12.8. The van der Waals surface area contributed by atoms with Crippen LogP contribution in [0.15, 0.2) is 84.9 Å². The minimum absolute atomic E-state index is 0.00247. The molecule has 0 N–H and O–H groups in total. The van der Waals surface area contributed by atoms with E-state index in [1.54, 1.807) is 0 Å². The first-order valence-corrected chi connectivity index (χ1v) is 10.1. The zero-order chi connectivity index (χ0) is 19.2. The van der Waals surface area contributed by atoms with Crippen LogP contribution in [0.25, 0.3) is 10.1 Å². The van der Waals surface area contributed by atoms with Gasteiger partial charge in [0.25, 0.3) is 0 Å². The number of hydrogen-bond donors (Lipinski definition) is 0. The van der Waals surface area contributed by atoms with Gasteiger partial charge < -0.3 is 9.47 Å². The first-order valence-electron chi connectivity index (χ1n) is 9.25. The molecule has 3 aromatic carbocycles. The zero-order valence-corrected chi connectivity index (χ0v) is 16.2. The fourth-order valence-electron chi connectivity index (χ4n) is 2.98. The van der Waals surface area contributed by atoms with Crippen molar-refractivity contribution in [1.82, 2.24) is 0 Å². The van der Waals surface area contributed by atoms with Gasteiger partial charge in [0.05, 0.1) is 13.2 Å². The maximum atomic E-state index is 13.0. The number of carbonyl (C=O) groups excluding carboxylic acids is 1. The molecule has 0 bridgehead atoms. The molecule has 1 aromatic heterocycles. The molecule has 0 radical (unpaired) electrons. The minimum Gasteiger partial charge on any atom is -0.493 e. The van der Waals surface area contributed by atoms with Crippen molar-refractivity contribution in [3.63, 3.8) is 0 Å². The second-order valence-corrected chi connectivity index (χ2v) is 7.37. The van der Waals surface area contributed by atoms with Crippen molar-refractivity contribution >= 4 is 27.2 Å². The quantitative estimate of drug-likeness (QED) is 0.275. The third kappa shape index (κ3) is 4.07. The molecule has 1 heterocycles. The highest BCUT2D eigenvalue weighted by molar-refractivity contribution is 7.21. The molecule has 28 heavy (non-hydrogen) atoms. The van der Waals surface area contributed by atoms with Crippen molar-refractivity contribution in [3.05, 3.63) is 95.4 Å². The Morgan fingerprint density at radius 3 is 2.18 bits per heavy atom. The second-order valence-electron chi connectivity index (χ2n) is 6.32. The van der Waals surface area contributed by atoms with Gasteiger partial charge in [0.1, 0.15) is 16.4 Å². The van der Waals surface area contributed by atoms with Gasteiger partial charge in [-0.1, -0.05) is 60.7 Å². The summed E-state index contributed by atoms with van der Waals surface area (Å²) in [7, 11) is 0. The fraction of sp³-hybridized carbons (Fsp3) is 0.125. The normalized spacial score (nSPS) is 10.7. The van der Waals surface area contributed by atoms with E-state index in [4.69, 9.17) is 9.47 Å². The maximum Gasteiger partial charge on any atom is 0.206 e. The van der Waals surface area contributed by atoms with E-state index >= 15 is 0 Å². The summed E-state index contributed by atoms with van der Waals surface area (Å²) in [6, 6.07) is 27.0. The molecule has 4 rings (SSSR count). The van der Waals surface area contributed by atoms with Crippen molar-refractivity contribution < 1.29 is 14.3 Å². The highest BCUT2D eigenvalue weighted by Crippen LogP contribution is 2.39. The number of carbonyl (C=O) groups is 1. The molecule has 0 spiro atoms. The van der Waals surface area contributed by atoms with Crippen molar-refractivity contribution in [2.75, 3.05) is 13.2 Å². The highest BCUT2D eigenvalue weighted by Gasteiger charge is 2.20. The number of thiophene rings is 1. The van der Waals surface area contributed by atoms with E-state index in [1.807, 2.05) is 84.9 Å². The lowest BCUT2D eigenvalue weighted by Crippen LogP contribution is -2.07. The van der Waals surface area contributed by atoms with Gasteiger partial charge in [-0.3, -0.25) is 4.79 Å². The van der Waals surface area contributed by atoms with Gasteiger partial charge in [0.2, 0.25) is 5.78 Å². The number of fused-ring (bicyclic) bond motifs is 1. The summed E-state index contributed by atoms with van der Waals surface area (Å²) in [6.45, 7) is 1.05. The minimum atomic E-state index is -0.00247. The molecular formula is C24H20O3S. The molecule has 0 saturated carbocycles. The van der Waals surface area contributed by atoms with E-state index in [9.17, 15) is 4.79 Å². The molecule has 0 atom stereocenters. The molecule has 4 heteroatoms. The number of hydrogen-bond acceptors (Lipinski definition) is 4. The monoisotopic (exact) mass is 388 g/mol. The molecule has 0 aliphatic heterocycles. The third-order valence-electron chi connectivity index (χ3n) is 4.34. The Kier molecular flexibility index (Phi) is 5.69. The maximum absolute atomic E-state index is 13.0. The van der Waals surface area contributed by atoms with Gasteiger partial charge in [-0.2, -0.15) is 0 Å². The molecular weight excluding hydrogens is 368 g/mol. The predicted octanol–water partition coefficient (Wildman–Crippen LogP) is 5.98. The van der Waals surface area contributed by atoms with E-state index in [2.05, 4.69) is 0 Å². The summed E-state index contributed by atoms with van der Waals surface area (Å²) in [4.78, 5) is 13.7. The average molecular weight is 388 g/mol. The molecule has 0 aliphatic carbocycles. The Morgan fingerprint density at radius 1 is 0.750 bits per heavy atom. The van der Waals surface area contributed by atoms with Gasteiger partial charge in [0, 0.05) is 22.1 Å². The van der Waals surface area contributed by atoms with E-state index < -0.39 is 0 Å². The summed E-state index contributed by atoms with van der Waals surface area (Å²) >= 11 is 1.48. The van der Waals surface area contributed by atoms with Crippen LogP contribution in [0.5, 0.6) is 11.5 Å². The predicted molar refractivity (Wildman–Crippen MR) is 114 cm³/mol. The van der Waals surface area contributed by atoms with Crippen LogP contribution in [0, 0.1) is 0 Å². The molecule has 140 valence electrons. The second kappa shape index (κ2) is 8.72. The lowest BCUT2D eigenvalue weighted by Gasteiger charge is -2.09. The van der Waals surface area contributed by atoms with E-state index in [1.165, 1.54) is 11.3 Å². The van der Waals surface area contributed by atoms with Gasteiger partial charge in [-0.15, -0.1) is 11.3 Å². The van der Waals surface area contributed by atoms with Gasteiger partial charge in [-0.25, -0.2) is 0 Å². The lowest BCUT2D eigenvalue weighted by atomic mass is 10.1. The molecule has 0 saturated heterocycles. The van der Waals surface area contributed by atoms with Crippen LogP contribution >= 0.6 is 11.3 Å². The zero-order valence-electron chi connectivity index (χ0n) is 15.3. The first-order chi connectivity index (χ1) is 13.8. The fourth-order valence-corrected chi connectivity index (χ4v) is 4.08. The average Bonchev–Trinajstić information content (AvgIpc) is 3.13. The van der Waals surface area contributed by atoms with Crippen molar-refractivity contribution in [3.8, 4) is 11.5 Å². The number of rotatable bonds is 8.